The maximum Gasteiger partial charge on any atom is 0.194 e. The molecule has 0 spiro atoms. The molecule has 1 aromatic carbocycles. The van der Waals surface area contributed by atoms with Crippen molar-refractivity contribution in [3.63, 3.8) is 0 Å². The van der Waals surface area contributed by atoms with Gasteiger partial charge in [-0.1, -0.05) is 12.1 Å². The van der Waals surface area contributed by atoms with Crippen LogP contribution in [-0.2, 0) is 0 Å². The van der Waals surface area contributed by atoms with E-state index in [2.05, 4.69) is 22.0 Å². The fraction of sp³-hybridized carbons (Fsp3) is 0.200. The van der Waals surface area contributed by atoms with E-state index in [1.807, 2.05) is 19.1 Å². The second-order valence-electron chi connectivity index (χ2n) is 4.26. The highest BCUT2D eigenvalue weighted by Crippen LogP contribution is 2.30. The average Bonchev–Trinajstić information content (AvgIpc) is 2.88. The maximum atomic E-state index is 12.4. The minimum atomic E-state index is -0.810. The molecule has 20 heavy (non-hydrogen) atoms. The summed E-state index contributed by atoms with van der Waals surface area (Å²) in [6, 6.07) is 11.0. The lowest BCUT2D eigenvalue weighted by molar-refractivity contribution is 0.0983. The molecule has 0 bridgehead atoms. The summed E-state index contributed by atoms with van der Waals surface area (Å²) in [5, 5.41) is 9.33. The van der Waals surface area contributed by atoms with Crippen molar-refractivity contribution in [3.8, 4) is 11.8 Å². The third kappa shape index (κ3) is 2.92. The quantitative estimate of drug-likeness (QED) is 0.772. The van der Waals surface area contributed by atoms with Crippen molar-refractivity contribution in [1.29, 1.82) is 5.26 Å². The van der Waals surface area contributed by atoms with Gasteiger partial charge in [-0.25, -0.2) is 0 Å². The highest BCUT2D eigenvalue weighted by molar-refractivity contribution is 9.11. The number of thiophene rings is 1. The number of ether oxygens (including phenoxy) is 1. The Morgan fingerprint density at radius 2 is 2.15 bits per heavy atom. The Kier molecular flexibility index (Phi) is 4.58. The Balaban J connectivity index is 2.38. The van der Waals surface area contributed by atoms with Gasteiger partial charge in [0, 0.05) is 0 Å². The Labute approximate surface area is 129 Å². The molecule has 1 atom stereocenters. The van der Waals surface area contributed by atoms with E-state index in [1.54, 1.807) is 25.3 Å². The lowest BCUT2D eigenvalue weighted by Gasteiger charge is -2.11. The van der Waals surface area contributed by atoms with Crippen LogP contribution in [0.15, 0.2) is 34.1 Å². The van der Waals surface area contributed by atoms with Crippen LogP contribution in [0.3, 0.4) is 0 Å². The topological polar surface area (TPSA) is 50.1 Å². The molecular formula is C15H12BrNO2S. The molecular weight excluding hydrogens is 338 g/mol. The summed E-state index contributed by atoms with van der Waals surface area (Å²) in [5.41, 5.74) is 1.63. The molecule has 1 heterocycles. The summed E-state index contributed by atoms with van der Waals surface area (Å²) in [5.74, 6) is -0.313. The van der Waals surface area contributed by atoms with Gasteiger partial charge in [0.25, 0.3) is 0 Å². The first-order valence-electron chi connectivity index (χ1n) is 5.90. The largest absolute Gasteiger partial charge is 0.496 e. The second-order valence-corrected chi connectivity index (χ2v) is 6.72. The highest BCUT2D eigenvalue weighted by Gasteiger charge is 2.23. The molecule has 0 saturated carbocycles. The predicted molar refractivity (Wildman–Crippen MR) is 82.4 cm³/mol. The fourth-order valence-corrected chi connectivity index (χ4v) is 3.25. The summed E-state index contributed by atoms with van der Waals surface area (Å²) in [4.78, 5) is 13.0. The van der Waals surface area contributed by atoms with Gasteiger partial charge >= 0.3 is 0 Å². The number of carbonyl (C=O) groups excluding carboxylic acids is 1. The molecule has 102 valence electrons. The van der Waals surface area contributed by atoms with Gasteiger partial charge in [0.05, 0.1) is 21.8 Å². The van der Waals surface area contributed by atoms with Crippen LogP contribution in [0.25, 0.3) is 0 Å². The highest BCUT2D eigenvalue weighted by atomic mass is 79.9. The molecule has 1 aromatic heterocycles. The molecule has 0 radical (unpaired) electrons. The number of hydrogen-bond acceptors (Lipinski definition) is 4. The number of aryl methyl sites for hydroxylation is 1. The summed E-state index contributed by atoms with van der Waals surface area (Å²) >= 11 is 4.66. The minimum Gasteiger partial charge on any atom is -0.496 e. The van der Waals surface area contributed by atoms with Crippen LogP contribution >= 0.6 is 27.3 Å². The van der Waals surface area contributed by atoms with Crippen LogP contribution in [-0.4, -0.2) is 12.9 Å². The fourth-order valence-electron chi connectivity index (χ4n) is 1.89. The molecule has 2 aromatic rings. The Morgan fingerprint density at radius 3 is 2.70 bits per heavy atom. The van der Waals surface area contributed by atoms with Crippen molar-refractivity contribution in [1.82, 2.24) is 0 Å². The molecule has 1 unspecified atom stereocenters. The first-order valence-corrected chi connectivity index (χ1v) is 7.51. The molecule has 0 fully saturated rings. The minimum absolute atomic E-state index is 0.186. The third-order valence-corrected chi connectivity index (χ3v) is 4.61. The Hall–Kier alpha value is -1.64. The first kappa shape index (κ1) is 14.8. The van der Waals surface area contributed by atoms with Gasteiger partial charge < -0.3 is 4.74 Å². The number of methoxy groups -OCH3 is 1. The van der Waals surface area contributed by atoms with E-state index in [4.69, 9.17) is 4.74 Å². The second kappa shape index (κ2) is 6.21. The number of benzene rings is 1. The molecule has 3 nitrogen and oxygen atoms in total. The van der Waals surface area contributed by atoms with E-state index in [-0.39, 0.29) is 5.78 Å². The van der Waals surface area contributed by atoms with Crippen molar-refractivity contribution >= 4 is 33.0 Å². The number of hydrogen-bond donors (Lipinski definition) is 0. The number of rotatable bonds is 4. The number of nitriles is 1. The molecule has 0 saturated heterocycles. The van der Waals surface area contributed by atoms with Crippen LogP contribution in [0.5, 0.6) is 5.75 Å². The van der Waals surface area contributed by atoms with Gasteiger partial charge in [-0.05, 0) is 52.2 Å². The average molecular weight is 350 g/mol. The predicted octanol–water partition coefficient (Wildman–Crippen LogP) is 4.32. The van der Waals surface area contributed by atoms with Crippen LogP contribution in [0.1, 0.15) is 26.7 Å². The van der Waals surface area contributed by atoms with Crippen molar-refractivity contribution in [2.45, 2.75) is 12.8 Å². The Morgan fingerprint density at radius 1 is 1.40 bits per heavy atom. The number of nitrogens with zero attached hydrogens (tertiary/aromatic N) is 1. The van der Waals surface area contributed by atoms with Crippen LogP contribution in [0.4, 0.5) is 0 Å². The van der Waals surface area contributed by atoms with E-state index in [1.165, 1.54) is 11.3 Å². The monoisotopic (exact) mass is 349 g/mol. The van der Waals surface area contributed by atoms with Gasteiger partial charge in [0.15, 0.2) is 5.78 Å². The smallest absolute Gasteiger partial charge is 0.194 e. The number of halogens is 1. The van der Waals surface area contributed by atoms with Gasteiger partial charge in [-0.2, -0.15) is 5.26 Å². The number of Topliss-reactive ketones (excluding diaryl/α,β-unsaturated/α-hetero) is 1. The van der Waals surface area contributed by atoms with E-state index in [0.717, 1.165) is 9.35 Å². The standard InChI is InChI=1S/C15H12BrNO2S/c1-9-3-4-10(7-12(9)19-2)11(8-17)15(18)13-5-6-14(16)20-13/h3-7,11H,1-2H3. The summed E-state index contributed by atoms with van der Waals surface area (Å²) in [7, 11) is 1.58. The van der Waals surface area contributed by atoms with Gasteiger partial charge in [-0.3, -0.25) is 4.79 Å². The lowest BCUT2D eigenvalue weighted by Crippen LogP contribution is -2.10. The zero-order valence-corrected chi connectivity index (χ0v) is 13.4. The number of carbonyl (C=O) groups is 1. The summed E-state index contributed by atoms with van der Waals surface area (Å²) < 4.78 is 6.12. The zero-order chi connectivity index (χ0) is 14.7. The third-order valence-electron chi connectivity index (χ3n) is 2.97. The molecule has 2 rings (SSSR count). The van der Waals surface area contributed by atoms with Gasteiger partial charge in [0.2, 0.25) is 0 Å². The molecule has 0 aliphatic heterocycles. The van der Waals surface area contributed by atoms with Gasteiger partial charge in [-0.15, -0.1) is 11.3 Å². The van der Waals surface area contributed by atoms with Crippen molar-refractivity contribution in [3.05, 3.63) is 50.1 Å². The van der Waals surface area contributed by atoms with E-state index in [9.17, 15) is 10.1 Å². The van der Waals surface area contributed by atoms with E-state index < -0.39 is 5.92 Å². The van der Waals surface area contributed by atoms with Crippen molar-refractivity contribution < 1.29 is 9.53 Å². The number of ketones is 1. The first-order chi connectivity index (χ1) is 9.56. The Bertz CT molecular complexity index is 687. The SMILES string of the molecule is COc1cc(C(C#N)C(=O)c2ccc(Br)s2)ccc1C. The van der Waals surface area contributed by atoms with Crippen molar-refractivity contribution in [2.75, 3.05) is 7.11 Å². The molecule has 0 amide bonds. The van der Waals surface area contributed by atoms with Crippen molar-refractivity contribution in [2.24, 2.45) is 0 Å². The molecule has 0 aliphatic carbocycles. The lowest BCUT2D eigenvalue weighted by atomic mass is 9.94. The maximum absolute atomic E-state index is 12.4. The van der Waals surface area contributed by atoms with E-state index >= 15 is 0 Å². The summed E-state index contributed by atoms with van der Waals surface area (Å²) in [6.45, 7) is 1.92. The summed E-state index contributed by atoms with van der Waals surface area (Å²) in [6.07, 6.45) is 0. The van der Waals surface area contributed by atoms with Crippen LogP contribution in [0, 0.1) is 18.3 Å². The van der Waals surface area contributed by atoms with Crippen LogP contribution in [0.2, 0.25) is 0 Å². The van der Waals surface area contributed by atoms with Gasteiger partial charge in [0.1, 0.15) is 11.7 Å². The molecule has 0 N–H and O–H groups in total. The van der Waals surface area contributed by atoms with E-state index in [0.29, 0.717) is 16.2 Å². The molecule has 5 heteroatoms. The normalized spacial score (nSPS) is 11.7. The molecule has 0 aliphatic rings. The zero-order valence-electron chi connectivity index (χ0n) is 11.0. The van der Waals surface area contributed by atoms with Crippen LogP contribution < -0.4 is 4.74 Å².